The van der Waals surface area contributed by atoms with E-state index in [1.807, 2.05) is 13.8 Å². The zero-order chi connectivity index (χ0) is 19.6. The van der Waals surface area contributed by atoms with Gasteiger partial charge in [0.25, 0.3) is 11.2 Å². The molecule has 0 aliphatic heterocycles. The van der Waals surface area contributed by atoms with E-state index in [0.29, 0.717) is 11.8 Å². The number of phenolic OH excluding ortho intramolecular Hbond substituents is 1. The highest BCUT2D eigenvalue weighted by Gasteiger charge is 2.36. The highest BCUT2D eigenvalue weighted by Crippen LogP contribution is 2.37. The summed E-state index contributed by atoms with van der Waals surface area (Å²) < 4.78 is 40.8. The normalized spacial score (nSPS) is 12.3. The molecule has 2 aromatic rings. The van der Waals surface area contributed by atoms with Gasteiger partial charge in [-0.05, 0) is 31.0 Å². The molecule has 136 valence electrons. The molecule has 0 saturated carbocycles. The SMILES string of the molecule is [C-]#[N+]c1c(C(F)(F)F)cc(-c2cccc(O)c2)n(N=C(C)C(C)C)c1=O. The van der Waals surface area contributed by atoms with Crippen molar-refractivity contribution >= 4 is 11.4 Å². The zero-order valence-corrected chi connectivity index (χ0v) is 14.3. The summed E-state index contributed by atoms with van der Waals surface area (Å²) in [6, 6.07) is 6.17. The molecule has 2 rings (SSSR count). The Kier molecular flexibility index (Phi) is 5.21. The number of nitrogens with zero attached hydrogens (tertiary/aromatic N) is 3. The molecule has 8 heteroatoms. The molecule has 1 N–H and O–H groups in total. The third kappa shape index (κ3) is 3.77. The number of halogens is 3. The Hall–Kier alpha value is -3.08. The molecular formula is C18H16F3N3O2. The summed E-state index contributed by atoms with van der Waals surface area (Å²) >= 11 is 0. The Bertz CT molecular complexity index is 967. The van der Waals surface area contributed by atoms with Gasteiger partial charge < -0.3 is 5.11 Å². The van der Waals surface area contributed by atoms with Crippen molar-refractivity contribution in [2.24, 2.45) is 11.0 Å². The average molecular weight is 363 g/mol. The monoisotopic (exact) mass is 363 g/mol. The van der Waals surface area contributed by atoms with Crippen molar-refractivity contribution in [1.82, 2.24) is 4.68 Å². The summed E-state index contributed by atoms with van der Waals surface area (Å²) in [7, 11) is 0. The second-order valence-electron chi connectivity index (χ2n) is 5.96. The maximum Gasteiger partial charge on any atom is 0.407 e. The number of pyridine rings is 1. The summed E-state index contributed by atoms with van der Waals surface area (Å²) in [4.78, 5) is 15.4. The third-order valence-electron chi connectivity index (χ3n) is 3.81. The van der Waals surface area contributed by atoms with Gasteiger partial charge in [-0.15, -0.1) is 0 Å². The van der Waals surface area contributed by atoms with Gasteiger partial charge in [-0.1, -0.05) is 26.0 Å². The van der Waals surface area contributed by atoms with Gasteiger partial charge in [-0.25, -0.2) is 9.52 Å². The predicted molar refractivity (Wildman–Crippen MR) is 92.4 cm³/mol. The van der Waals surface area contributed by atoms with Crippen molar-refractivity contribution in [2.75, 3.05) is 0 Å². The largest absolute Gasteiger partial charge is 0.508 e. The van der Waals surface area contributed by atoms with Crippen LogP contribution in [0.5, 0.6) is 5.75 Å². The molecule has 0 spiro atoms. The van der Waals surface area contributed by atoms with Gasteiger partial charge in [0.15, 0.2) is 0 Å². The fourth-order valence-electron chi connectivity index (χ4n) is 2.16. The van der Waals surface area contributed by atoms with Crippen LogP contribution >= 0.6 is 0 Å². The molecule has 0 atom stereocenters. The number of aromatic nitrogens is 1. The lowest BCUT2D eigenvalue weighted by Crippen LogP contribution is -2.23. The van der Waals surface area contributed by atoms with Gasteiger partial charge in [-0.2, -0.15) is 18.3 Å². The summed E-state index contributed by atoms with van der Waals surface area (Å²) in [5.74, 6) is -0.230. The van der Waals surface area contributed by atoms with Crippen molar-refractivity contribution in [3.63, 3.8) is 0 Å². The Morgan fingerprint density at radius 2 is 1.96 bits per heavy atom. The van der Waals surface area contributed by atoms with Crippen LogP contribution in [0.1, 0.15) is 26.3 Å². The summed E-state index contributed by atoms with van der Waals surface area (Å²) in [6.07, 6.45) is -4.87. The van der Waals surface area contributed by atoms with E-state index < -0.39 is 23.0 Å². The van der Waals surface area contributed by atoms with Gasteiger partial charge in [0.2, 0.25) is 0 Å². The van der Waals surface area contributed by atoms with E-state index in [0.717, 1.165) is 4.68 Å². The van der Waals surface area contributed by atoms with Crippen molar-refractivity contribution in [3.05, 3.63) is 57.7 Å². The van der Waals surface area contributed by atoms with Crippen molar-refractivity contribution < 1.29 is 18.3 Å². The zero-order valence-electron chi connectivity index (χ0n) is 14.3. The second kappa shape index (κ2) is 7.04. The van der Waals surface area contributed by atoms with E-state index in [4.69, 9.17) is 6.57 Å². The van der Waals surface area contributed by atoms with E-state index in [9.17, 15) is 23.1 Å². The van der Waals surface area contributed by atoms with Gasteiger partial charge in [0.1, 0.15) is 5.75 Å². The highest BCUT2D eigenvalue weighted by molar-refractivity contribution is 5.84. The van der Waals surface area contributed by atoms with E-state index in [1.165, 1.54) is 24.3 Å². The minimum absolute atomic E-state index is 0.0578. The fraction of sp³-hybridized carbons (Fsp3) is 0.278. The second-order valence-corrected chi connectivity index (χ2v) is 5.96. The maximum atomic E-state index is 13.3. The lowest BCUT2D eigenvalue weighted by molar-refractivity contribution is -0.136. The smallest absolute Gasteiger partial charge is 0.407 e. The van der Waals surface area contributed by atoms with Crippen LogP contribution < -0.4 is 5.56 Å². The van der Waals surface area contributed by atoms with Crippen LogP contribution in [0.25, 0.3) is 16.1 Å². The number of benzene rings is 1. The van der Waals surface area contributed by atoms with Gasteiger partial charge in [-0.3, -0.25) is 4.79 Å². The molecule has 0 bridgehead atoms. The summed E-state index contributed by atoms with van der Waals surface area (Å²) in [5, 5.41) is 13.8. The first kappa shape index (κ1) is 19.2. The lowest BCUT2D eigenvalue weighted by atomic mass is 10.1. The molecule has 0 amide bonds. The minimum Gasteiger partial charge on any atom is -0.508 e. The van der Waals surface area contributed by atoms with E-state index >= 15 is 0 Å². The lowest BCUT2D eigenvalue weighted by Gasteiger charge is -2.16. The van der Waals surface area contributed by atoms with E-state index in [1.54, 1.807) is 6.92 Å². The van der Waals surface area contributed by atoms with Gasteiger partial charge in [0.05, 0.1) is 17.8 Å². The van der Waals surface area contributed by atoms with E-state index in [-0.39, 0.29) is 22.9 Å². The van der Waals surface area contributed by atoms with Crippen LogP contribution in [0, 0.1) is 12.5 Å². The molecule has 5 nitrogen and oxygen atoms in total. The Morgan fingerprint density at radius 3 is 2.46 bits per heavy atom. The Balaban J connectivity index is 2.96. The van der Waals surface area contributed by atoms with E-state index in [2.05, 4.69) is 9.95 Å². The molecule has 1 aromatic carbocycles. The molecule has 0 fully saturated rings. The van der Waals surface area contributed by atoms with Gasteiger partial charge >= 0.3 is 6.18 Å². The van der Waals surface area contributed by atoms with Crippen molar-refractivity contribution in [1.29, 1.82) is 0 Å². The molecule has 1 heterocycles. The predicted octanol–water partition coefficient (Wildman–Crippen LogP) is 4.67. The summed E-state index contributed by atoms with van der Waals surface area (Å²) in [6.45, 7) is 12.3. The van der Waals surface area contributed by atoms with Crippen LogP contribution in [0.15, 0.2) is 40.2 Å². The van der Waals surface area contributed by atoms with Crippen LogP contribution in [-0.2, 0) is 6.18 Å². The van der Waals surface area contributed by atoms with Crippen molar-refractivity contribution in [2.45, 2.75) is 26.9 Å². The quantitative estimate of drug-likeness (QED) is 0.636. The number of rotatable bonds is 3. The molecular weight excluding hydrogens is 347 g/mol. The molecule has 0 unspecified atom stereocenters. The molecule has 0 radical (unpaired) electrons. The van der Waals surface area contributed by atoms with Crippen LogP contribution in [-0.4, -0.2) is 15.5 Å². The first-order valence-electron chi connectivity index (χ1n) is 7.65. The van der Waals surface area contributed by atoms with Crippen LogP contribution in [0.4, 0.5) is 18.9 Å². The Morgan fingerprint density at radius 1 is 1.31 bits per heavy atom. The number of aromatic hydroxyl groups is 1. The average Bonchev–Trinajstić information content (AvgIpc) is 2.54. The van der Waals surface area contributed by atoms with Gasteiger partial charge in [0, 0.05) is 11.3 Å². The third-order valence-corrected chi connectivity index (χ3v) is 3.81. The topological polar surface area (TPSA) is 58.9 Å². The Labute approximate surface area is 147 Å². The number of hydrogen-bond donors (Lipinski definition) is 1. The van der Waals surface area contributed by atoms with Crippen molar-refractivity contribution in [3.8, 4) is 17.0 Å². The molecule has 0 aliphatic carbocycles. The first-order valence-corrected chi connectivity index (χ1v) is 7.65. The fourth-order valence-corrected chi connectivity index (χ4v) is 2.16. The molecule has 1 aromatic heterocycles. The first-order chi connectivity index (χ1) is 12.1. The number of phenols is 1. The maximum absolute atomic E-state index is 13.3. The molecule has 26 heavy (non-hydrogen) atoms. The summed E-state index contributed by atoms with van der Waals surface area (Å²) in [5.41, 5.74) is -3.02. The molecule has 0 aliphatic rings. The van der Waals surface area contributed by atoms with Crippen LogP contribution in [0.2, 0.25) is 0 Å². The molecule has 0 saturated heterocycles. The number of alkyl halides is 3. The highest BCUT2D eigenvalue weighted by atomic mass is 19.4. The minimum atomic E-state index is -4.87. The van der Waals surface area contributed by atoms with Crippen LogP contribution in [0.3, 0.4) is 0 Å². The number of hydrogen-bond acceptors (Lipinski definition) is 3. The standard InChI is InChI=1S/C18H16F3N3O2/c1-10(2)11(3)23-24-15(12-6-5-7-13(25)8-12)9-14(18(19,20)21)16(22-4)17(24)26/h5-10,25H,1-3H3.